The van der Waals surface area contributed by atoms with Crippen molar-refractivity contribution < 1.29 is 17.6 Å². The maximum absolute atomic E-state index is 13.5. The summed E-state index contributed by atoms with van der Waals surface area (Å²) in [5, 5.41) is 9.35. The van der Waals surface area contributed by atoms with Gasteiger partial charge in [0.05, 0.1) is 10.5 Å². The number of nitriles is 1. The molecule has 0 bridgehead atoms. The predicted octanol–water partition coefficient (Wildman–Crippen LogP) is 3.55. The average Bonchev–Trinajstić information content (AvgIpc) is 3.11. The lowest BCUT2D eigenvalue weighted by Gasteiger charge is -2.23. The summed E-state index contributed by atoms with van der Waals surface area (Å²) in [7, 11) is -3.90. The third-order valence-electron chi connectivity index (χ3n) is 5.81. The predicted molar refractivity (Wildman–Crippen MR) is 130 cm³/mol. The van der Waals surface area contributed by atoms with Crippen LogP contribution in [0.3, 0.4) is 0 Å². The molecule has 8 nitrogen and oxygen atoms in total. The number of aromatic nitrogens is 1. The summed E-state index contributed by atoms with van der Waals surface area (Å²) in [6, 6.07) is 15.4. The van der Waals surface area contributed by atoms with Crippen molar-refractivity contribution in [3.8, 4) is 6.07 Å². The number of halogens is 1. The van der Waals surface area contributed by atoms with E-state index in [-0.39, 0.29) is 16.4 Å². The van der Waals surface area contributed by atoms with E-state index in [1.54, 1.807) is 35.4 Å². The molecule has 4 rings (SSSR count). The van der Waals surface area contributed by atoms with Crippen LogP contribution in [0.4, 0.5) is 15.9 Å². The first-order valence-corrected chi connectivity index (χ1v) is 12.6. The number of nitrogens with zero attached hydrogens (tertiary/aromatic N) is 4. The molecule has 0 radical (unpaired) electrons. The van der Waals surface area contributed by atoms with Crippen molar-refractivity contribution in [1.82, 2.24) is 9.88 Å². The monoisotopic (exact) mass is 493 g/mol. The molecule has 180 valence electrons. The number of aryl methyl sites for hydroxylation is 1. The summed E-state index contributed by atoms with van der Waals surface area (Å²) < 4.78 is 41.2. The van der Waals surface area contributed by atoms with Crippen molar-refractivity contribution in [3.05, 3.63) is 83.3 Å². The Morgan fingerprint density at radius 1 is 1.09 bits per heavy atom. The van der Waals surface area contributed by atoms with E-state index < -0.39 is 15.8 Å². The second-order valence-corrected chi connectivity index (χ2v) is 9.90. The number of rotatable bonds is 5. The number of pyridine rings is 1. The topological polar surface area (TPSA) is 106 Å². The highest BCUT2D eigenvalue weighted by Crippen LogP contribution is 2.21. The first kappa shape index (κ1) is 24.2. The zero-order valence-electron chi connectivity index (χ0n) is 19.1. The van der Waals surface area contributed by atoms with Gasteiger partial charge >= 0.3 is 0 Å². The highest BCUT2D eigenvalue weighted by atomic mass is 32.2. The SMILES string of the molecule is Cc1cc(S(=O)(=O)Nc2ccc(C(=O)N3CCCN(c4ncccc4C#N)CC3)cc2)ccc1F. The molecule has 0 unspecified atom stereocenters. The lowest BCUT2D eigenvalue weighted by atomic mass is 10.2. The second kappa shape index (κ2) is 10.1. The van der Waals surface area contributed by atoms with Crippen LogP contribution >= 0.6 is 0 Å². The third kappa shape index (κ3) is 5.41. The van der Waals surface area contributed by atoms with Crippen LogP contribution in [0.15, 0.2) is 65.7 Å². The number of carbonyl (C=O) groups is 1. The first-order valence-electron chi connectivity index (χ1n) is 11.1. The third-order valence-corrected chi connectivity index (χ3v) is 7.19. The minimum Gasteiger partial charge on any atom is -0.354 e. The van der Waals surface area contributed by atoms with Crippen LogP contribution in [0.2, 0.25) is 0 Å². The maximum Gasteiger partial charge on any atom is 0.261 e. The van der Waals surface area contributed by atoms with Crippen molar-refractivity contribution in [2.75, 3.05) is 35.8 Å². The van der Waals surface area contributed by atoms with E-state index >= 15 is 0 Å². The minimum absolute atomic E-state index is 0.0434. The number of nitrogens with one attached hydrogen (secondary N) is 1. The zero-order valence-corrected chi connectivity index (χ0v) is 19.9. The minimum atomic E-state index is -3.90. The Balaban J connectivity index is 1.42. The van der Waals surface area contributed by atoms with Gasteiger partial charge in [-0.3, -0.25) is 9.52 Å². The van der Waals surface area contributed by atoms with Crippen molar-refractivity contribution in [2.24, 2.45) is 0 Å². The number of amides is 1. The van der Waals surface area contributed by atoms with Crippen LogP contribution in [0.1, 0.15) is 27.9 Å². The largest absolute Gasteiger partial charge is 0.354 e. The maximum atomic E-state index is 13.5. The van der Waals surface area contributed by atoms with E-state index in [9.17, 15) is 22.9 Å². The lowest BCUT2D eigenvalue weighted by Crippen LogP contribution is -2.35. The summed E-state index contributed by atoms with van der Waals surface area (Å²) in [4.78, 5) is 21.1. The molecule has 2 heterocycles. The van der Waals surface area contributed by atoms with E-state index in [1.165, 1.54) is 31.2 Å². The fourth-order valence-electron chi connectivity index (χ4n) is 3.93. The van der Waals surface area contributed by atoms with Crippen molar-refractivity contribution in [1.29, 1.82) is 5.26 Å². The molecule has 1 aliphatic rings. The van der Waals surface area contributed by atoms with Gasteiger partial charge in [-0.2, -0.15) is 5.26 Å². The normalized spacial score (nSPS) is 14.2. The Morgan fingerprint density at radius 2 is 1.86 bits per heavy atom. The molecular formula is C25H24FN5O3S. The number of carbonyl (C=O) groups excluding carboxylic acids is 1. The van der Waals surface area contributed by atoms with Gasteiger partial charge in [-0.15, -0.1) is 0 Å². The van der Waals surface area contributed by atoms with Gasteiger partial charge in [-0.25, -0.2) is 17.8 Å². The molecule has 3 aromatic rings. The van der Waals surface area contributed by atoms with Gasteiger partial charge in [0.15, 0.2) is 0 Å². The Labute approximate surface area is 203 Å². The number of benzene rings is 2. The van der Waals surface area contributed by atoms with Crippen LogP contribution in [0.5, 0.6) is 0 Å². The van der Waals surface area contributed by atoms with Gasteiger partial charge in [0.1, 0.15) is 17.7 Å². The number of anilines is 2. The molecule has 1 amide bonds. The van der Waals surface area contributed by atoms with Gasteiger partial charge in [-0.1, -0.05) is 0 Å². The van der Waals surface area contributed by atoms with E-state index in [0.717, 1.165) is 12.5 Å². The summed E-state index contributed by atoms with van der Waals surface area (Å²) in [5.41, 5.74) is 1.47. The number of hydrogen-bond acceptors (Lipinski definition) is 6. The van der Waals surface area contributed by atoms with Crippen LogP contribution in [0, 0.1) is 24.1 Å². The number of sulfonamides is 1. The highest BCUT2D eigenvalue weighted by Gasteiger charge is 2.23. The molecule has 0 aliphatic carbocycles. The van der Waals surface area contributed by atoms with Crippen molar-refractivity contribution in [2.45, 2.75) is 18.2 Å². The van der Waals surface area contributed by atoms with Crippen molar-refractivity contribution >= 4 is 27.4 Å². The van der Waals surface area contributed by atoms with Crippen LogP contribution in [-0.4, -0.2) is 50.4 Å². The van der Waals surface area contributed by atoms with Gasteiger partial charge in [0.2, 0.25) is 0 Å². The van der Waals surface area contributed by atoms with E-state index in [4.69, 9.17) is 0 Å². The molecule has 10 heteroatoms. The van der Waals surface area contributed by atoms with Crippen molar-refractivity contribution in [3.63, 3.8) is 0 Å². The summed E-state index contributed by atoms with van der Waals surface area (Å²) >= 11 is 0. The average molecular weight is 494 g/mol. The molecule has 35 heavy (non-hydrogen) atoms. The van der Waals surface area contributed by atoms with E-state index in [2.05, 4.69) is 15.8 Å². The van der Waals surface area contributed by atoms with E-state index in [0.29, 0.717) is 48.8 Å². The Bertz CT molecular complexity index is 1390. The second-order valence-electron chi connectivity index (χ2n) is 8.21. The molecule has 1 aliphatic heterocycles. The Hall–Kier alpha value is -3.97. The zero-order chi connectivity index (χ0) is 25.0. The van der Waals surface area contributed by atoms with Crippen LogP contribution in [0.25, 0.3) is 0 Å². The fourth-order valence-corrected chi connectivity index (χ4v) is 5.07. The molecule has 2 aromatic carbocycles. The lowest BCUT2D eigenvalue weighted by molar-refractivity contribution is 0.0767. The molecule has 0 atom stereocenters. The van der Waals surface area contributed by atoms with Gasteiger partial charge in [0, 0.05) is 43.6 Å². The molecule has 1 fully saturated rings. The Kier molecular flexibility index (Phi) is 6.98. The van der Waals surface area contributed by atoms with Crippen LogP contribution in [-0.2, 0) is 10.0 Å². The Morgan fingerprint density at radius 3 is 2.57 bits per heavy atom. The summed E-state index contributed by atoms with van der Waals surface area (Å²) in [5.74, 6) is -0.0109. The smallest absolute Gasteiger partial charge is 0.261 e. The van der Waals surface area contributed by atoms with Gasteiger partial charge in [0.25, 0.3) is 15.9 Å². The molecule has 1 saturated heterocycles. The molecular weight excluding hydrogens is 469 g/mol. The van der Waals surface area contributed by atoms with Gasteiger partial charge < -0.3 is 9.80 Å². The molecule has 0 spiro atoms. The van der Waals surface area contributed by atoms with E-state index in [1.807, 2.05) is 4.90 Å². The highest BCUT2D eigenvalue weighted by molar-refractivity contribution is 7.92. The molecule has 0 saturated carbocycles. The standard InChI is InChI=1S/C25H24FN5O3S/c1-18-16-22(9-10-23(18)26)35(33,34)29-21-7-5-19(6-8-21)25(32)31-13-3-12-30(14-15-31)24-20(17-27)4-2-11-28-24/h2,4-11,16,29H,3,12-15H2,1H3. The summed E-state index contributed by atoms with van der Waals surface area (Å²) in [6.07, 6.45) is 2.37. The molecule has 1 aromatic heterocycles. The fraction of sp³-hybridized carbons (Fsp3) is 0.240. The molecule has 1 N–H and O–H groups in total. The quantitative estimate of drug-likeness (QED) is 0.583. The van der Waals surface area contributed by atoms with Crippen LogP contribution < -0.4 is 9.62 Å². The number of hydrogen-bond donors (Lipinski definition) is 1. The first-order chi connectivity index (χ1) is 16.8. The van der Waals surface area contributed by atoms with Gasteiger partial charge in [-0.05, 0) is 73.5 Å². The summed E-state index contributed by atoms with van der Waals surface area (Å²) in [6.45, 7) is 3.75.